The fourth-order valence-electron chi connectivity index (χ4n) is 1.90. The van der Waals surface area contributed by atoms with Crippen molar-refractivity contribution in [3.05, 3.63) is 46.9 Å². The molecule has 1 aromatic carbocycles. The van der Waals surface area contributed by atoms with Crippen LogP contribution in [0.2, 0.25) is 5.15 Å². The predicted molar refractivity (Wildman–Crippen MR) is 81.7 cm³/mol. The zero-order chi connectivity index (χ0) is 14.4. The molecule has 0 aliphatic rings. The van der Waals surface area contributed by atoms with Crippen molar-refractivity contribution in [1.82, 2.24) is 9.97 Å². The van der Waals surface area contributed by atoms with Crippen molar-refractivity contribution in [1.29, 1.82) is 0 Å². The molecule has 0 fully saturated rings. The Morgan fingerprint density at radius 2 is 2.05 bits per heavy atom. The van der Waals surface area contributed by atoms with E-state index >= 15 is 0 Å². The third kappa shape index (κ3) is 3.92. The van der Waals surface area contributed by atoms with Crippen molar-refractivity contribution in [3.63, 3.8) is 0 Å². The third-order valence-electron chi connectivity index (χ3n) is 2.91. The molecule has 1 aromatic heterocycles. The maximum atomic E-state index is 6.01. The van der Waals surface area contributed by atoms with Crippen LogP contribution in [0.4, 0.5) is 11.5 Å². The number of benzene rings is 1. The lowest BCUT2D eigenvalue weighted by Crippen LogP contribution is -2.03. The van der Waals surface area contributed by atoms with Crippen LogP contribution in [0.3, 0.4) is 0 Å². The Morgan fingerprint density at radius 1 is 1.25 bits per heavy atom. The lowest BCUT2D eigenvalue weighted by molar-refractivity contribution is 0.202. The Hall–Kier alpha value is -1.65. The number of nitrogens with one attached hydrogen (secondary N) is 1. The largest absolute Gasteiger partial charge is 0.384 e. The van der Waals surface area contributed by atoms with E-state index in [4.69, 9.17) is 16.3 Å². The lowest BCUT2D eigenvalue weighted by atomic mass is 10.1. The molecule has 0 amide bonds. The second-order valence-electron chi connectivity index (χ2n) is 4.37. The van der Waals surface area contributed by atoms with E-state index in [-0.39, 0.29) is 0 Å². The summed E-state index contributed by atoms with van der Waals surface area (Å²) >= 11 is 6.01. The average Bonchev–Trinajstić information content (AvgIpc) is 2.45. The zero-order valence-electron chi connectivity index (χ0n) is 11.7. The Labute approximate surface area is 124 Å². The molecular weight excluding hydrogens is 274 g/mol. The zero-order valence-corrected chi connectivity index (χ0v) is 12.4. The van der Waals surface area contributed by atoms with Gasteiger partial charge in [0.05, 0.1) is 6.61 Å². The fourth-order valence-corrected chi connectivity index (χ4v) is 2.10. The molecule has 2 aromatic rings. The smallest absolute Gasteiger partial charge is 0.135 e. The minimum Gasteiger partial charge on any atom is -0.384 e. The minimum absolute atomic E-state index is 0.453. The van der Waals surface area contributed by atoms with Crippen LogP contribution in [0.15, 0.2) is 30.3 Å². The Bertz CT molecular complexity index is 575. The molecule has 2 rings (SSSR count). The first-order valence-corrected chi connectivity index (χ1v) is 6.98. The fraction of sp³-hybridized carbons (Fsp3) is 0.333. The number of hydrogen-bond acceptors (Lipinski definition) is 4. The van der Waals surface area contributed by atoms with Crippen LogP contribution in [-0.4, -0.2) is 23.7 Å². The van der Waals surface area contributed by atoms with Gasteiger partial charge < -0.3 is 10.1 Å². The molecule has 0 aliphatic carbocycles. The summed E-state index contributed by atoms with van der Waals surface area (Å²) in [5.74, 6) is 1.45. The van der Waals surface area contributed by atoms with Gasteiger partial charge >= 0.3 is 0 Å². The number of hydrogen-bond donors (Lipinski definition) is 1. The second kappa shape index (κ2) is 7.22. The molecule has 4 nitrogen and oxygen atoms in total. The maximum absolute atomic E-state index is 6.01. The van der Waals surface area contributed by atoms with Crippen molar-refractivity contribution in [2.45, 2.75) is 19.8 Å². The molecular formula is C15H18ClN3O. The van der Waals surface area contributed by atoms with Crippen molar-refractivity contribution in [3.8, 4) is 0 Å². The van der Waals surface area contributed by atoms with E-state index in [0.717, 1.165) is 24.4 Å². The Morgan fingerprint density at radius 3 is 2.80 bits per heavy atom. The van der Waals surface area contributed by atoms with Crippen LogP contribution in [0.1, 0.15) is 18.3 Å². The summed E-state index contributed by atoms with van der Waals surface area (Å²) in [6.45, 7) is 2.69. The Kier molecular flexibility index (Phi) is 5.32. The van der Waals surface area contributed by atoms with Gasteiger partial charge in [-0.1, -0.05) is 36.7 Å². The molecule has 0 bridgehead atoms. The lowest BCUT2D eigenvalue weighted by Gasteiger charge is -2.12. The van der Waals surface area contributed by atoms with Crippen LogP contribution in [0, 0.1) is 0 Å². The molecule has 0 spiro atoms. The standard InChI is InChI=1S/C15H18ClN3O/c1-3-14-18-13(16)10-15(19-14)17-12-7-5-4-6-11(12)8-9-20-2/h4-7,10H,3,8-9H2,1-2H3,(H,17,18,19). The van der Waals surface area contributed by atoms with E-state index in [0.29, 0.717) is 17.6 Å². The van der Waals surface area contributed by atoms with Crippen LogP contribution < -0.4 is 5.32 Å². The van der Waals surface area contributed by atoms with Crippen LogP contribution in [0.25, 0.3) is 0 Å². The monoisotopic (exact) mass is 291 g/mol. The number of anilines is 2. The van der Waals surface area contributed by atoms with Gasteiger partial charge in [0.2, 0.25) is 0 Å². The van der Waals surface area contributed by atoms with Crippen molar-refractivity contribution in [2.75, 3.05) is 19.0 Å². The Balaban J connectivity index is 2.23. The first-order chi connectivity index (χ1) is 9.72. The molecule has 0 aliphatic heterocycles. The van der Waals surface area contributed by atoms with Gasteiger partial charge in [0.15, 0.2) is 0 Å². The number of para-hydroxylation sites is 1. The minimum atomic E-state index is 0.453. The molecule has 0 saturated carbocycles. The molecule has 106 valence electrons. The highest BCUT2D eigenvalue weighted by molar-refractivity contribution is 6.29. The van der Waals surface area contributed by atoms with Gasteiger partial charge in [-0.3, -0.25) is 0 Å². The number of aromatic nitrogens is 2. The highest BCUT2D eigenvalue weighted by atomic mass is 35.5. The van der Waals surface area contributed by atoms with Gasteiger partial charge in [-0.15, -0.1) is 0 Å². The summed E-state index contributed by atoms with van der Waals surface area (Å²) in [6.07, 6.45) is 1.60. The van der Waals surface area contributed by atoms with E-state index in [9.17, 15) is 0 Å². The number of halogens is 1. The molecule has 0 unspecified atom stereocenters. The van der Waals surface area contributed by atoms with Gasteiger partial charge in [-0.2, -0.15) is 0 Å². The highest BCUT2D eigenvalue weighted by Crippen LogP contribution is 2.21. The number of aryl methyl sites for hydroxylation is 1. The van der Waals surface area contributed by atoms with Crippen LogP contribution in [-0.2, 0) is 17.6 Å². The number of rotatable bonds is 6. The van der Waals surface area contributed by atoms with Gasteiger partial charge in [-0.05, 0) is 18.1 Å². The van der Waals surface area contributed by atoms with E-state index in [1.54, 1.807) is 13.2 Å². The summed E-state index contributed by atoms with van der Waals surface area (Å²) in [4.78, 5) is 8.59. The summed E-state index contributed by atoms with van der Waals surface area (Å²) in [5.41, 5.74) is 2.20. The predicted octanol–water partition coefficient (Wildman–Crippen LogP) is 3.62. The molecule has 1 heterocycles. The first kappa shape index (κ1) is 14.8. The highest BCUT2D eigenvalue weighted by Gasteiger charge is 2.05. The molecule has 5 heteroatoms. The average molecular weight is 292 g/mol. The van der Waals surface area contributed by atoms with Crippen molar-refractivity contribution >= 4 is 23.1 Å². The molecule has 0 radical (unpaired) electrons. The van der Waals surface area contributed by atoms with Gasteiger partial charge in [-0.25, -0.2) is 9.97 Å². The number of nitrogens with zero attached hydrogens (tertiary/aromatic N) is 2. The molecule has 0 atom stereocenters. The van der Waals surface area contributed by atoms with E-state index in [1.807, 2.05) is 25.1 Å². The molecule has 0 saturated heterocycles. The number of methoxy groups -OCH3 is 1. The van der Waals surface area contributed by atoms with Crippen LogP contribution in [0.5, 0.6) is 0 Å². The normalized spacial score (nSPS) is 10.6. The summed E-state index contributed by atoms with van der Waals surface area (Å²) in [7, 11) is 1.70. The second-order valence-corrected chi connectivity index (χ2v) is 4.76. The summed E-state index contributed by atoms with van der Waals surface area (Å²) in [5, 5.41) is 3.76. The molecule has 1 N–H and O–H groups in total. The number of ether oxygens (including phenoxy) is 1. The van der Waals surface area contributed by atoms with E-state index in [1.165, 1.54) is 5.56 Å². The van der Waals surface area contributed by atoms with Gasteiger partial charge in [0, 0.05) is 25.3 Å². The van der Waals surface area contributed by atoms with Gasteiger partial charge in [0.1, 0.15) is 16.8 Å². The topological polar surface area (TPSA) is 47.0 Å². The van der Waals surface area contributed by atoms with Crippen LogP contribution >= 0.6 is 11.6 Å². The van der Waals surface area contributed by atoms with Crippen molar-refractivity contribution < 1.29 is 4.74 Å². The SMILES string of the molecule is CCc1nc(Cl)cc(Nc2ccccc2CCOC)n1. The van der Waals surface area contributed by atoms with Gasteiger partial charge in [0.25, 0.3) is 0 Å². The summed E-state index contributed by atoms with van der Waals surface area (Å²) < 4.78 is 5.13. The summed E-state index contributed by atoms with van der Waals surface area (Å²) in [6, 6.07) is 9.83. The maximum Gasteiger partial charge on any atom is 0.135 e. The van der Waals surface area contributed by atoms with E-state index in [2.05, 4.69) is 21.4 Å². The van der Waals surface area contributed by atoms with E-state index < -0.39 is 0 Å². The first-order valence-electron chi connectivity index (χ1n) is 6.60. The molecule has 20 heavy (non-hydrogen) atoms. The quantitative estimate of drug-likeness (QED) is 0.826. The third-order valence-corrected chi connectivity index (χ3v) is 3.11. The van der Waals surface area contributed by atoms with Crippen molar-refractivity contribution in [2.24, 2.45) is 0 Å².